The van der Waals surface area contributed by atoms with Crippen LogP contribution in [-0.4, -0.2) is 31.2 Å². The van der Waals surface area contributed by atoms with Crippen LogP contribution in [0, 0.1) is 5.82 Å². The zero-order valence-corrected chi connectivity index (χ0v) is 9.34. The average Bonchev–Trinajstić information content (AvgIpc) is 2.14. The summed E-state index contributed by atoms with van der Waals surface area (Å²) in [7, 11) is 1.30. The molecule has 96 valence electrons. The number of halogens is 4. The van der Waals surface area contributed by atoms with Crippen LogP contribution in [0.25, 0.3) is 0 Å². The third-order valence-corrected chi connectivity index (χ3v) is 2.26. The van der Waals surface area contributed by atoms with E-state index in [1.54, 1.807) is 6.07 Å². The van der Waals surface area contributed by atoms with Gasteiger partial charge in [-0.25, -0.2) is 4.39 Å². The van der Waals surface area contributed by atoms with Gasteiger partial charge in [-0.15, -0.1) is 0 Å². The minimum absolute atomic E-state index is 0.0551. The van der Waals surface area contributed by atoms with Crippen molar-refractivity contribution in [3.63, 3.8) is 0 Å². The quantitative estimate of drug-likeness (QED) is 0.831. The summed E-state index contributed by atoms with van der Waals surface area (Å²) in [6.45, 7) is -1.12. The van der Waals surface area contributed by atoms with E-state index < -0.39 is 24.6 Å². The second-order valence-electron chi connectivity index (χ2n) is 3.94. The second-order valence-corrected chi connectivity index (χ2v) is 3.94. The summed E-state index contributed by atoms with van der Waals surface area (Å²) in [6, 6.07) is 5.04. The summed E-state index contributed by atoms with van der Waals surface area (Å²) in [5, 5.41) is 0. The van der Waals surface area contributed by atoms with E-state index in [-0.39, 0.29) is 12.1 Å². The van der Waals surface area contributed by atoms with Gasteiger partial charge in [0.2, 0.25) is 0 Å². The molecule has 0 bridgehead atoms. The van der Waals surface area contributed by atoms with Gasteiger partial charge in [0.1, 0.15) is 5.82 Å². The molecular weight excluding hydrogens is 236 g/mol. The molecule has 2 N–H and O–H groups in total. The van der Waals surface area contributed by atoms with Crippen molar-refractivity contribution in [1.29, 1.82) is 0 Å². The van der Waals surface area contributed by atoms with Gasteiger partial charge in [-0.3, -0.25) is 4.90 Å². The first kappa shape index (κ1) is 13.9. The van der Waals surface area contributed by atoms with Crippen molar-refractivity contribution in [2.24, 2.45) is 5.73 Å². The van der Waals surface area contributed by atoms with Crippen molar-refractivity contribution < 1.29 is 17.6 Å². The van der Waals surface area contributed by atoms with E-state index in [2.05, 4.69) is 0 Å². The van der Waals surface area contributed by atoms with Gasteiger partial charge in [-0.2, -0.15) is 13.2 Å². The Balaban J connectivity index is 2.61. The number of benzene rings is 1. The van der Waals surface area contributed by atoms with Gasteiger partial charge in [-0.05, 0) is 13.1 Å². The van der Waals surface area contributed by atoms with Crippen LogP contribution in [0.2, 0.25) is 0 Å². The van der Waals surface area contributed by atoms with Gasteiger partial charge in [-0.1, -0.05) is 18.2 Å². The van der Waals surface area contributed by atoms with Crippen LogP contribution in [0.1, 0.15) is 11.6 Å². The standard InChI is InChI=1S/C11H14F4N2/c1-17(7-11(13,14)15)6-10(16)8-4-2-3-5-9(8)12/h2-5,10H,6-7,16H2,1H3. The van der Waals surface area contributed by atoms with Crippen molar-refractivity contribution in [1.82, 2.24) is 4.90 Å². The van der Waals surface area contributed by atoms with Gasteiger partial charge in [0.05, 0.1) is 6.54 Å². The van der Waals surface area contributed by atoms with Crippen LogP contribution in [0.15, 0.2) is 24.3 Å². The maximum absolute atomic E-state index is 13.3. The monoisotopic (exact) mass is 250 g/mol. The highest BCUT2D eigenvalue weighted by atomic mass is 19.4. The molecule has 0 spiro atoms. The molecule has 6 heteroatoms. The highest BCUT2D eigenvalue weighted by molar-refractivity contribution is 5.21. The largest absolute Gasteiger partial charge is 0.401 e. The second kappa shape index (κ2) is 5.46. The Hall–Kier alpha value is -1.14. The summed E-state index contributed by atoms with van der Waals surface area (Å²) >= 11 is 0. The first-order chi connectivity index (χ1) is 7.79. The molecule has 0 saturated carbocycles. The molecule has 0 heterocycles. The summed E-state index contributed by atoms with van der Waals surface area (Å²) < 4.78 is 49.6. The molecule has 17 heavy (non-hydrogen) atoms. The van der Waals surface area contributed by atoms with Gasteiger partial charge in [0.15, 0.2) is 0 Å². The van der Waals surface area contributed by atoms with E-state index in [1.165, 1.54) is 25.2 Å². The number of rotatable bonds is 4. The van der Waals surface area contributed by atoms with Crippen molar-refractivity contribution in [3.05, 3.63) is 35.6 Å². The fraction of sp³-hybridized carbons (Fsp3) is 0.455. The lowest BCUT2D eigenvalue weighted by Gasteiger charge is -2.22. The van der Waals surface area contributed by atoms with E-state index in [1.807, 2.05) is 0 Å². The van der Waals surface area contributed by atoms with Crippen LogP contribution >= 0.6 is 0 Å². The molecule has 1 unspecified atom stereocenters. The summed E-state index contributed by atoms with van der Waals surface area (Å²) in [4.78, 5) is 1.02. The number of hydrogen-bond donors (Lipinski definition) is 1. The molecule has 1 atom stereocenters. The Labute approximate surface area is 97.0 Å². The lowest BCUT2D eigenvalue weighted by molar-refractivity contribution is -0.143. The molecular formula is C11H14F4N2. The lowest BCUT2D eigenvalue weighted by atomic mass is 10.1. The number of alkyl halides is 3. The Morgan fingerprint density at radius 2 is 1.88 bits per heavy atom. The van der Waals surface area contributed by atoms with Crippen LogP contribution in [-0.2, 0) is 0 Å². The smallest absolute Gasteiger partial charge is 0.323 e. The van der Waals surface area contributed by atoms with Gasteiger partial charge < -0.3 is 5.73 Å². The van der Waals surface area contributed by atoms with Crippen molar-refractivity contribution >= 4 is 0 Å². The minimum atomic E-state index is -4.27. The first-order valence-corrected chi connectivity index (χ1v) is 5.05. The van der Waals surface area contributed by atoms with Crippen molar-refractivity contribution in [2.45, 2.75) is 12.2 Å². The van der Waals surface area contributed by atoms with Gasteiger partial charge in [0.25, 0.3) is 0 Å². The summed E-state index contributed by atoms with van der Waals surface area (Å²) in [6.07, 6.45) is -4.27. The third kappa shape index (κ3) is 4.70. The number of nitrogens with zero attached hydrogens (tertiary/aromatic N) is 1. The van der Waals surface area contributed by atoms with E-state index >= 15 is 0 Å². The number of nitrogens with two attached hydrogens (primary N) is 1. The maximum atomic E-state index is 13.3. The number of likely N-dealkylation sites (N-methyl/N-ethyl adjacent to an activating group) is 1. The van der Waals surface area contributed by atoms with Crippen LogP contribution in [0.4, 0.5) is 17.6 Å². The minimum Gasteiger partial charge on any atom is -0.323 e. The molecule has 1 rings (SSSR count). The van der Waals surface area contributed by atoms with Crippen LogP contribution in [0.5, 0.6) is 0 Å². The zero-order valence-electron chi connectivity index (χ0n) is 9.34. The molecule has 0 aliphatic heterocycles. The number of hydrogen-bond acceptors (Lipinski definition) is 2. The van der Waals surface area contributed by atoms with Crippen LogP contribution in [0.3, 0.4) is 0 Å². The molecule has 0 fully saturated rings. The molecule has 2 nitrogen and oxygen atoms in total. The van der Waals surface area contributed by atoms with E-state index in [4.69, 9.17) is 5.73 Å². The molecule has 1 aromatic carbocycles. The van der Waals surface area contributed by atoms with E-state index in [0.717, 1.165) is 4.90 Å². The molecule has 0 saturated heterocycles. The Kier molecular flexibility index (Phi) is 4.47. The fourth-order valence-electron chi connectivity index (χ4n) is 1.58. The van der Waals surface area contributed by atoms with Gasteiger partial charge >= 0.3 is 6.18 Å². The Morgan fingerprint density at radius 1 is 1.29 bits per heavy atom. The normalized spacial score (nSPS) is 14.1. The van der Waals surface area contributed by atoms with E-state index in [0.29, 0.717) is 0 Å². The lowest BCUT2D eigenvalue weighted by Crippen LogP contribution is -2.36. The summed E-state index contributed by atoms with van der Waals surface area (Å²) in [5.41, 5.74) is 5.89. The Bertz CT molecular complexity index is 365. The van der Waals surface area contributed by atoms with Crippen molar-refractivity contribution in [2.75, 3.05) is 20.1 Å². The zero-order chi connectivity index (χ0) is 13.1. The third-order valence-electron chi connectivity index (χ3n) is 2.26. The predicted octanol–water partition coefficient (Wildman–Crippen LogP) is 2.32. The van der Waals surface area contributed by atoms with Gasteiger partial charge in [0, 0.05) is 18.2 Å². The SMILES string of the molecule is CN(CC(N)c1ccccc1F)CC(F)(F)F. The molecule has 1 aromatic rings. The average molecular weight is 250 g/mol. The first-order valence-electron chi connectivity index (χ1n) is 5.05. The predicted molar refractivity (Wildman–Crippen MR) is 56.9 cm³/mol. The molecule has 0 aliphatic carbocycles. The maximum Gasteiger partial charge on any atom is 0.401 e. The molecule has 0 aromatic heterocycles. The molecule has 0 aliphatic rings. The molecule has 0 radical (unpaired) electrons. The highest BCUT2D eigenvalue weighted by Gasteiger charge is 2.29. The van der Waals surface area contributed by atoms with E-state index in [9.17, 15) is 17.6 Å². The topological polar surface area (TPSA) is 29.3 Å². The van der Waals surface area contributed by atoms with Crippen molar-refractivity contribution in [3.8, 4) is 0 Å². The molecule has 0 amide bonds. The highest BCUT2D eigenvalue weighted by Crippen LogP contribution is 2.19. The summed E-state index contributed by atoms with van der Waals surface area (Å²) in [5.74, 6) is -0.500. The Morgan fingerprint density at radius 3 is 2.41 bits per heavy atom. The fourth-order valence-corrected chi connectivity index (χ4v) is 1.58. The van der Waals surface area contributed by atoms with Crippen LogP contribution < -0.4 is 5.73 Å².